The van der Waals surface area contributed by atoms with E-state index in [1.54, 1.807) is 48.0 Å². The van der Waals surface area contributed by atoms with E-state index in [2.05, 4.69) is 0 Å². The fourth-order valence-electron chi connectivity index (χ4n) is 1.95. The Morgan fingerprint density at radius 1 is 1.43 bits per heavy atom. The number of benzene rings is 1. The number of aryl methyl sites for hydroxylation is 1. The van der Waals surface area contributed by atoms with Crippen molar-refractivity contribution in [2.45, 2.75) is 0 Å². The van der Waals surface area contributed by atoms with Crippen molar-refractivity contribution >= 4 is 23.2 Å². The van der Waals surface area contributed by atoms with Crippen molar-refractivity contribution in [1.82, 2.24) is 9.47 Å². The molecule has 0 radical (unpaired) electrons. The SMILES string of the molecule is CN(CCOc1ccccc1Cl)C(=O)c1cc(N)cn1C. The fourth-order valence-corrected chi connectivity index (χ4v) is 2.14. The maximum atomic E-state index is 12.3. The number of aromatic nitrogens is 1. The highest BCUT2D eigenvalue weighted by Crippen LogP contribution is 2.22. The van der Waals surface area contributed by atoms with Crippen LogP contribution in [0.25, 0.3) is 0 Å². The van der Waals surface area contributed by atoms with E-state index in [-0.39, 0.29) is 5.91 Å². The van der Waals surface area contributed by atoms with Gasteiger partial charge in [0.25, 0.3) is 5.91 Å². The Bertz CT molecular complexity index is 640. The zero-order valence-electron chi connectivity index (χ0n) is 12.0. The van der Waals surface area contributed by atoms with Gasteiger partial charge in [0.1, 0.15) is 18.1 Å². The molecular weight excluding hydrogens is 290 g/mol. The van der Waals surface area contributed by atoms with E-state index in [0.717, 1.165) is 0 Å². The van der Waals surface area contributed by atoms with E-state index in [1.165, 1.54) is 0 Å². The number of hydrogen-bond acceptors (Lipinski definition) is 3. The van der Waals surface area contributed by atoms with Crippen LogP contribution in [0.4, 0.5) is 5.69 Å². The van der Waals surface area contributed by atoms with Crippen LogP contribution in [0.3, 0.4) is 0 Å². The van der Waals surface area contributed by atoms with Crippen LogP contribution in [0.15, 0.2) is 36.5 Å². The molecule has 0 atom stereocenters. The van der Waals surface area contributed by atoms with E-state index < -0.39 is 0 Å². The van der Waals surface area contributed by atoms with Crippen molar-refractivity contribution in [3.8, 4) is 5.75 Å². The van der Waals surface area contributed by atoms with Crippen molar-refractivity contribution < 1.29 is 9.53 Å². The third-order valence-electron chi connectivity index (χ3n) is 3.11. The van der Waals surface area contributed by atoms with Crippen molar-refractivity contribution in [3.05, 3.63) is 47.2 Å². The average Bonchev–Trinajstić information content (AvgIpc) is 2.79. The van der Waals surface area contributed by atoms with E-state index in [4.69, 9.17) is 22.1 Å². The van der Waals surface area contributed by atoms with Crippen LogP contribution >= 0.6 is 11.6 Å². The molecule has 6 heteroatoms. The summed E-state index contributed by atoms with van der Waals surface area (Å²) in [4.78, 5) is 13.8. The molecule has 2 rings (SSSR count). The number of halogens is 1. The minimum absolute atomic E-state index is 0.100. The minimum Gasteiger partial charge on any atom is -0.490 e. The fraction of sp³-hybridized carbons (Fsp3) is 0.267. The minimum atomic E-state index is -0.100. The third-order valence-corrected chi connectivity index (χ3v) is 3.43. The molecule has 5 nitrogen and oxygen atoms in total. The number of nitrogen functional groups attached to an aromatic ring is 1. The largest absolute Gasteiger partial charge is 0.490 e. The second-order valence-electron chi connectivity index (χ2n) is 4.78. The Kier molecular flexibility index (Phi) is 4.75. The molecule has 1 aromatic carbocycles. The van der Waals surface area contributed by atoms with E-state index in [0.29, 0.717) is 35.3 Å². The molecule has 21 heavy (non-hydrogen) atoms. The summed E-state index contributed by atoms with van der Waals surface area (Å²) >= 11 is 6.00. The Morgan fingerprint density at radius 2 is 2.14 bits per heavy atom. The smallest absolute Gasteiger partial charge is 0.270 e. The van der Waals surface area contributed by atoms with E-state index in [9.17, 15) is 4.79 Å². The Hall–Kier alpha value is -2.14. The van der Waals surface area contributed by atoms with Crippen LogP contribution in [0.1, 0.15) is 10.5 Å². The Labute approximate surface area is 128 Å². The summed E-state index contributed by atoms with van der Waals surface area (Å²) in [6, 6.07) is 8.90. The molecule has 0 saturated carbocycles. The number of likely N-dealkylation sites (N-methyl/N-ethyl adjacent to an activating group) is 1. The lowest BCUT2D eigenvalue weighted by molar-refractivity contribution is 0.0764. The van der Waals surface area contributed by atoms with Gasteiger partial charge < -0.3 is 19.9 Å². The highest BCUT2D eigenvalue weighted by atomic mass is 35.5. The summed E-state index contributed by atoms with van der Waals surface area (Å²) in [5.41, 5.74) is 6.80. The number of hydrogen-bond donors (Lipinski definition) is 1. The number of para-hydroxylation sites is 1. The van der Waals surface area contributed by atoms with Crippen LogP contribution in [0.5, 0.6) is 5.75 Å². The molecule has 0 aliphatic carbocycles. The standard InChI is InChI=1S/C15H18ClN3O2/c1-18(15(20)13-9-11(17)10-19(13)2)7-8-21-14-6-4-3-5-12(14)16/h3-6,9-10H,7-8,17H2,1-2H3. The molecule has 112 valence electrons. The molecule has 2 N–H and O–H groups in total. The Morgan fingerprint density at radius 3 is 2.76 bits per heavy atom. The molecule has 0 aliphatic rings. The lowest BCUT2D eigenvalue weighted by Crippen LogP contribution is -2.32. The van der Waals surface area contributed by atoms with Crippen molar-refractivity contribution in [3.63, 3.8) is 0 Å². The van der Waals surface area contributed by atoms with Crippen LogP contribution in [0, 0.1) is 0 Å². The van der Waals surface area contributed by atoms with Gasteiger partial charge in [-0.15, -0.1) is 0 Å². The second kappa shape index (κ2) is 6.54. The second-order valence-corrected chi connectivity index (χ2v) is 5.18. The molecule has 1 aromatic heterocycles. The summed E-state index contributed by atoms with van der Waals surface area (Å²) in [6.07, 6.45) is 1.71. The van der Waals surface area contributed by atoms with Gasteiger partial charge in [0.05, 0.1) is 17.3 Å². The molecule has 0 spiro atoms. The van der Waals surface area contributed by atoms with Crippen LogP contribution in [-0.2, 0) is 7.05 Å². The third kappa shape index (κ3) is 3.70. The summed E-state index contributed by atoms with van der Waals surface area (Å²) in [5, 5.41) is 0.557. The first-order chi connectivity index (χ1) is 9.99. The number of anilines is 1. The number of amides is 1. The van der Waals surface area contributed by atoms with Crippen LogP contribution < -0.4 is 10.5 Å². The van der Waals surface area contributed by atoms with E-state index in [1.807, 2.05) is 12.1 Å². The number of nitrogens with two attached hydrogens (primary N) is 1. The maximum absolute atomic E-state index is 12.3. The molecule has 0 unspecified atom stereocenters. The molecule has 0 fully saturated rings. The van der Waals surface area contributed by atoms with Crippen molar-refractivity contribution in [1.29, 1.82) is 0 Å². The van der Waals surface area contributed by atoms with Crippen molar-refractivity contribution in [2.75, 3.05) is 25.9 Å². The van der Waals surface area contributed by atoms with Crippen LogP contribution in [-0.4, -0.2) is 35.6 Å². The lowest BCUT2D eigenvalue weighted by atomic mass is 10.3. The van der Waals surface area contributed by atoms with E-state index >= 15 is 0 Å². The maximum Gasteiger partial charge on any atom is 0.270 e. The summed E-state index contributed by atoms with van der Waals surface area (Å²) in [5.74, 6) is 0.514. The molecule has 0 aliphatic heterocycles. The lowest BCUT2D eigenvalue weighted by Gasteiger charge is -2.18. The summed E-state index contributed by atoms with van der Waals surface area (Å²) in [6.45, 7) is 0.820. The first kappa shape index (κ1) is 15.3. The average molecular weight is 308 g/mol. The number of carbonyl (C=O) groups excluding carboxylic acids is 1. The predicted octanol–water partition coefficient (Wildman–Crippen LogP) is 2.41. The van der Waals surface area contributed by atoms with Gasteiger partial charge in [0.2, 0.25) is 0 Å². The molecule has 0 saturated heterocycles. The number of carbonyl (C=O) groups is 1. The molecular formula is C15H18ClN3O2. The van der Waals surface area contributed by atoms with Crippen molar-refractivity contribution in [2.24, 2.45) is 7.05 Å². The molecule has 1 amide bonds. The quantitative estimate of drug-likeness (QED) is 0.923. The zero-order valence-corrected chi connectivity index (χ0v) is 12.8. The number of nitrogens with zero attached hydrogens (tertiary/aromatic N) is 2. The molecule has 0 bridgehead atoms. The predicted molar refractivity (Wildman–Crippen MR) is 83.7 cm³/mol. The highest BCUT2D eigenvalue weighted by Gasteiger charge is 2.15. The summed E-state index contributed by atoms with van der Waals surface area (Å²) < 4.78 is 7.28. The first-order valence-corrected chi connectivity index (χ1v) is 6.91. The van der Waals surface area contributed by atoms with Gasteiger partial charge in [0, 0.05) is 20.3 Å². The Balaban J connectivity index is 1.90. The molecule has 1 heterocycles. The van der Waals surface area contributed by atoms with Gasteiger partial charge >= 0.3 is 0 Å². The van der Waals surface area contributed by atoms with Gasteiger partial charge in [-0.2, -0.15) is 0 Å². The van der Waals surface area contributed by atoms with Gasteiger partial charge in [0.15, 0.2) is 0 Å². The normalized spacial score (nSPS) is 10.4. The van der Waals surface area contributed by atoms with Crippen LogP contribution in [0.2, 0.25) is 5.02 Å². The molecule has 2 aromatic rings. The number of ether oxygens (including phenoxy) is 1. The van der Waals surface area contributed by atoms with Gasteiger partial charge in [-0.25, -0.2) is 0 Å². The van der Waals surface area contributed by atoms with Gasteiger partial charge in [-0.05, 0) is 18.2 Å². The highest BCUT2D eigenvalue weighted by molar-refractivity contribution is 6.32. The monoisotopic (exact) mass is 307 g/mol. The topological polar surface area (TPSA) is 60.5 Å². The summed E-state index contributed by atoms with van der Waals surface area (Å²) in [7, 11) is 3.51. The van der Waals surface area contributed by atoms with Gasteiger partial charge in [-0.1, -0.05) is 23.7 Å². The first-order valence-electron chi connectivity index (χ1n) is 6.53. The van der Waals surface area contributed by atoms with Gasteiger partial charge in [-0.3, -0.25) is 4.79 Å². The number of rotatable bonds is 5. The zero-order chi connectivity index (χ0) is 15.4.